The van der Waals surface area contributed by atoms with Gasteiger partial charge >= 0.3 is 0 Å². The van der Waals surface area contributed by atoms with Crippen LogP contribution in [0, 0.1) is 11.7 Å². The molecular formula is C16H20FN3O. The molecule has 0 bridgehead atoms. The lowest BCUT2D eigenvalue weighted by molar-refractivity contribution is 0.0921. The Kier molecular flexibility index (Phi) is 4.40. The fourth-order valence-corrected chi connectivity index (χ4v) is 1.93. The van der Waals surface area contributed by atoms with Gasteiger partial charge in [0.05, 0.1) is 5.69 Å². The summed E-state index contributed by atoms with van der Waals surface area (Å²) in [4.78, 5) is 12.2. The van der Waals surface area contributed by atoms with Gasteiger partial charge in [0.25, 0.3) is 5.91 Å². The molecule has 0 radical (unpaired) electrons. The quantitative estimate of drug-likeness (QED) is 0.940. The lowest BCUT2D eigenvalue weighted by Crippen LogP contribution is -2.37. The third kappa shape index (κ3) is 3.29. The Morgan fingerprint density at radius 3 is 2.57 bits per heavy atom. The van der Waals surface area contributed by atoms with E-state index in [1.165, 1.54) is 10.7 Å². The summed E-state index contributed by atoms with van der Waals surface area (Å²) in [6.07, 6.45) is 0. The second-order valence-electron chi connectivity index (χ2n) is 5.52. The maximum Gasteiger partial charge on any atom is 0.269 e. The van der Waals surface area contributed by atoms with Crippen LogP contribution in [0.5, 0.6) is 0 Å². The molecule has 21 heavy (non-hydrogen) atoms. The molecule has 5 heteroatoms. The van der Waals surface area contributed by atoms with Gasteiger partial charge in [0.2, 0.25) is 0 Å². The first kappa shape index (κ1) is 15.2. The van der Waals surface area contributed by atoms with Gasteiger partial charge in [-0.15, -0.1) is 0 Å². The molecule has 1 aromatic carbocycles. The average molecular weight is 289 g/mol. The number of hydrogen-bond donors (Lipinski definition) is 1. The summed E-state index contributed by atoms with van der Waals surface area (Å²) in [5.74, 6) is -0.208. The summed E-state index contributed by atoms with van der Waals surface area (Å²) < 4.78 is 15.3. The first-order valence-electron chi connectivity index (χ1n) is 7.00. The molecule has 0 aliphatic carbocycles. The number of amides is 1. The third-order valence-corrected chi connectivity index (χ3v) is 3.62. The van der Waals surface area contributed by atoms with Crippen molar-refractivity contribution in [2.75, 3.05) is 0 Å². The predicted molar refractivity (Wildman–Crippen MR) is 80.4 cm³/mol. The minimum Gasteiger partial charge on any atom is -0.348 e. The van der Waals surface area contributed by atoms with E-state index in [4.69, 9.17) is 0 Å². The number of rotatable bonds is 4. The first-order valence-corrected chi connectivity index (χ1v) is 7.00. The Bertz CT molecular complexity index is 649. The van der Waals surface area contributed by atoms with E-state index in [2.05, 4.69) is 10.4 Å². The van der Waals surface area contributed by atoms with Crippen molar-refractivity contribution in [3.05, 3.63) is 41.8 Å². The van der Waals surface area contributed by atoms with Gasteiger partial charge in [0, 0.05) is 18.7 Å². The smallest absolute Gasteiger partial charge is 0.269 e. The van der Waals surface area contributed by atoms with Crippen LogP contribution in [0.1, 0.15) is 31.3 Å². The number of aryl methyl sites for hydroxylation is 1. The number of aromatic nitrogens is 2. The molecule has 0 aliphatic heterocycles. The van der Waals surface area contributed by atoms with Gasteiger partial charge in [-0.05, 0) is 31.0 Å². The number of nitrogens with one attached hydrogen (secondary N) is 1. The summed E-state index contributed by atoms with van der Waals surface area (Å²) in [5, 5.41) is 7.15. The van der Waals surface area contributed by atoms with Gasteiger partial charge < -0.3 is 5.32 Å². The molecule has 1 aromatic heterocycles. The summed E-state index contributed by atoms with van der Waals surface area (Å²) in [5.41, 5.74) is 1.27. The van der Waals surface area contributed by atoms with Crippen LogP contribution in [0.25, 0.3) is 11.3 Å². The molecule has 1 heterocycles. The summed E-state index contributed by atoms with van der Waals surface area (Å²) in [6.45, 7) is 6.04. The van der Waals surface area contributed by atoms with Crippen LogP contribution < -0.4 is 5.32 Å². The topological polar surface area (TPSA) is 46.9 Å². The molecule has 1 atom stereocenters. The highest BCUT2D eigenvalue weighted by atomic mass is 19.1. The number of carbonyl (C=O) groups is 1. The van der Waals surface area contributed by atoms with E-state index < -0.39 is 0 Å². The van der Waals surface area contributed by atoms with E-state index in [1.807, 2.05) is 20.8 Å². The molecule has 0 spiro atoms. The standard InChI is InChI=1S/C16H20FN3O/c1-10(2)11(3)18-16(21)15-9-14(19-20(15)4)12-7-5-6-8-13(12)17/h5-11H,1-4H3,(H,18,21). The van der Waals surface area contributed by atoms with Crippen molar-refractivity contribution >= 4 is 5.91 Å². The maximum atomic E-state index is 13.8. The van der Waals surface area contributed by atoms with E-state index in [1.54, 1.807) is 31.3 Å². The zero-order chi connectivity index (χ0) is 15.6. The Balaban J connectivity index is 2.28. The molecular weight excluding hydrogens is 269 g/mol. The Morgan fingerprint density at radius 2 is 1.95 bits per heavy atom. The van der Waals surface area contributed by atoms with E-state index in [0.717, 1.165) is 0 Å². The molecule has 0 saturated carbocycles. The Morgan fingerprint density at radius 1 is 1.29 bits per heavy atom. The van der Waals surface area contributed by atoms with Crippen molar-refractivity contribution < 1.29 is 9.18 Å². The number of benzene rings is 1. The number of halogens is 1. The van der Waals surface area contributed by atoms with Gasteiger partial charge in [-0.25, -0.2) is 4.39 Å². The minimum absolute atomic E-state index is 0.0595. The fourth-order valence-electron chi connectivity index (χ4n) is 1.93. The van der Waals surface area contributed by atoms with Crippen molar-refractivity contribution in [2.24, 2.45) is 13.0 Å². The number of carbonyl (C=O) groups excluding carboxylic acids is 1. The van der Waals surface area contributed by atoms with Gasteiger partial charge in [-0.3, -0.25) is 9.48 Å². The third-order valence-electron chi connectivity index (χ3n) is 3.62. The molecule has 0 saturated heterocycles. The Hall–Kier alpha value is -2.17. The van der Waals surface area contributed by atoms with E-state index >= 15 is 0 Å². The lowest BCUT2D eigenvalue weighted by Gasteiger charge is -2.17. The summed E-state index contributed by atoms with van der Waals surface area (Å²) >= 11 is 0. The zero-order valence-corrected chi connectivity index (χ0v) is 12.7. The summed E-state index contributed by atoms with van der Waals surface area (Å²) in [7, 11) is 1.68. The highest BCUT2D eigenvalue weighted by Crippen LogP contribution is 2.22. The molecule has 1 amide bonds. The highest BCUT2D eigenvalue weighted by molar-refractivity contribution is 5.93. The van der Waals surface area contributed by atoms with Gasteiger partial charge in [-0.1, -0.05) is 26.0 Å². The van der Waals surface area contributed by atoms with Crippen LogP contribution in [0.15, 0.2) is 30.3 Å². The minimum atomic E-state index is -0.349. The molecule has 2 rings (SSSR count). The monoisotopic (exact) mass is 289 g/mol. The second kappa shape index (κ2) is 6.08. The summed E-state index contributed by atoms with van der Waals surface area (Å²) in [6, 6.07) is 8.07. The number of hydrogen-bond acceptors (Lipinski definition) is 2. The molecule has 112 valence electrons. The van der Waals surface area contributed by atoms with Crippen LogP contribution in [-0.2, 0) is 7.05 Å². The van der Waals surface area contributed by atoms with Crippen molar-refractivity contribution in [2.45, 2.75) is 26.8 Å². The molecule has 4 nitrogen and oxygen atoms in total. The van der Waals surface area contributed by atoms with Crippen LogP contribution in [0.4, 0.5) is 4.39 Å². The van der Waals surface area contributed by atoms with Crippen molar-refractivity contribution in [1.82, 2.24) is 15.1 Å². The zero-order valence-electron chi connectivity index (χ0n) is 12.7. The average Bonchev–Trinajstić information content (AvgIpc) is 2.81. The van der Waals surface area contributed by atoms with Crippen LogP contribution in [0.2, 0.25) is 0 Å². The molecule has 1 unspecified atom stereocenters. The largest absolute Gasteiger partial charge is 0.348 e. The first-order chi connectivity index (χ1) is 9.90. The molecule has 2 aromatic rings. The fraction of sp³-hybridized carbons (Fsp3) is 0.375. The van der Waals surface area contributed by atoms with Crippen molar-refractivity contribution in [3.63, 3.8) is 0 Å². The van der Waals surface area contributed by atoms with E-state index in [9.17, 15) is 9.18 Å². The van der Waals surface area contributed by atoms with Crippen LogP contribution in [0.3, 0.4) is 0 Å². The van der Waals surface area contributed by atoms with E-state index in [0.29, 0.717) is 22.9 Å². The van der Waals surface area contributed by atoms with Crippen molar-refractivity contribution in [3.8, 4) is 11.3 Å². The maximum absolute atomic E-state index is 13.8. The van der Waals surface area contributed by atoms with Gasteiger partial charge in [-0.2, -0.15) is 5.10 Å². The van der Waals surface area contributed by atoms with E-state index in [-0.39, 0.29) is 17.8 Å². The SMILES string of the molecule is CC(C)C(C)NC(=O)c1cc(-c2ccccc2F)nn1C. The second-order valence-corrected chi connectivity index (χ2v) is 5.52. The molecule has 1 N–H and O–H groups in total. The lowest BCUT2D eigenvalue weighted by atomic mass is 10.1. The van der Waals surface area contributed by atoms with Crippen molar-refractivity contribution in [1.29, 1.82) is 0 Å². The Labute approximate surface area is 124 Å². The van der Waals surface area contributed by atoms with Crippen LogP contribution in [-0.4, -0.2) is 21.7 Å². The highest BCUT2D eigenvalue weighted by Gasteiger charge is 2.18. The number of nitrogens with zero attached hydrogens (tertiary/aromatic N) is 2. The normalized spacial score (nSPS) is 12.5. The molecule has 0 fully saturated rings. The predicted octanol–water partition coefficient (Wildman–Crippen LogP) is 3.00. The van der Waals surface area contributed by atoms with Gasteiger partial charge in [0.1, 0.15) is 11.5 Å². The molecule has 0 aliphatic rings. The van der Waals surface area contributed by atoms with Gasteiger partial charge in [0.15, 0.2) is 0 Å². The van der Waals surface area contributed by atoms with Crippen LogP contribution >= 0.6 is 0 Å².